The molecule has 1 fully saturated rings. The molecule has 31 heavy (non-hydrogen) atoms. The van der Waals surface area contributed by atoms with Gasteiger partial charge in [-0.1, -0.05) is 12.1 Å². The molecule has 166 valence electrons. The third-order valence-electron chi connectivity index (χ3n) is 4.13. The van der Waals surface area contributed by atoms with Crippen LogP contribution in [0.15, 0.2) is 35.2 Å². The molecule has 2 aromatic rings. The van der Waals surface area contributed by atoms with Gasteiger partial charge in [-0.25, -0.2) is 32.7 Å². The Bertz CT molecular complexity index is 1070. The van der Waals surface area contributed by atoms with Crippen molar-refractivity contribution in [1.29, 1.82) is 0 Å². The van der Waals surface area contributed by atoms with Gasteiger partial charge in [0.15, 0.2) is 6.29 Å². The van der Waals surface area contributed by atoms with Crippen molar-refractivity contribution in [3.05, 3.63) is 47.3 Å². The lowest BCUT2D eigenvalue weighted by Crippen LogP contribution is -2.35. The van der Waals surface area contributed by atoms with Crippen LogP contribution < -0.4 is 10.0 Å². The number of aromatic nitrogens is 2. The van der Waals surface area contributed by atoms with Gasteiger partial charge in [0.25, 0.3) is 10.0 Å². The summed E-state index contributed by atoms with van der Waals surface area (Å²) in [5.41, 5.74) is 0.979. The molecule has 1 aliphatic rings. The quantitative estimate of drug-likeness (QED) is 0.625. The molecule has 2 N–H and O–H groups in total. The van der Waals surface area contributed by atoms with Crippen LogP contribution in [0, 0.1) is 13.8 Å². The number of sulfonamides is 1. The van der Waals surface area contributed by atoms with E-state index in [1.165, 1.54) is 24.3 Å². The first kappa shape index (κ1) is 22.6. The lowest BCUT2D eigenvalue weighted by atomic mass is 10.2. The summed E-state index contributed by atoms with van der Waals surface area (Å²) in [6.07, 6.45) is -0.843. The molecule has 0 unspecified atom stereocenters. The maximum Gasteiger partial charge on any atom is 0.339 e. The number of urea groups is 1. The monoisotopic (exact) mass is 450 g/mol. The Morgan fingerprint density at radius 3 is 2.52 bits per heavy atom. The molecule has 0 bridgehead atoms. The number of rotatable bonds is 6. The van der Waals surface area contributed by atoms with Gasteiger partial charge in [0.2, 0.25) is 5.95 Å². The maximum absolute atomic E-state index is 12.7. The highest BCUT2D eigenvalue weighted by molar-refractivity contribution is 7.90. The largest absolute Gasteiger partial charge is 0.459 e. The van der Waals surface area contributed by atoms with E-state index in [1.807, 2.05) is 4.72 Å². The van der Waals surface area contributed by atoms with Gasteiger partial charge in [0.05, 0.1) is 12.2 Å². The van der Waals surface area contributed by atoms with E-state index in [1.54, 1.807) is 26.8 Å². The van der Waals surface area contributed by atoms with E-state index >= 15 is 0 Å². The van der Waals surface area contributed by atoms with Gasteiger partial charge in [0, 0.05) is 11.4 Å². The number of hydrogen-bond acceptors (Lipinski definition) is 9. The fraction of sp³-hybridized carbons (Fsp3) is 0.368. The van der Waals surface area contributed by atoms with Crippen molar-refractivity contribution in [2.75, 3.05) is 18.5 Å². The summed E-state index contributed by atoms with van der Waals surface area (Å²) in [5, 5.41) is 2.27. The normalized spacial score (nSPS) is 18.4. The molecule has 12 heteroatoms. The Morgan fingerprint density at radius 2 is 1.87 bits per heavy atom. The SMILES string of the molecule is Cc1cc(C)nc(NC(=O)NS(=O)(=O)c2ccccc2C(=O)OC[C@H]2CO[C@H](C)O2)n1. The van der Waals surface area contributed by atoms with E-state index in [2.05, 4.69) is 15.3 Å². The van der Waals surface area contributed by atoms with Gasteiger partial charge in [0.1, 0.15) is 17.6 Å². The van der Waals surface area contributed by atoms with Crippen molar-refractivity contribution < 1.29 is 32.2 Å². The standard InChI is InChI=1S/C19H22N4O7S/c1-11-8-12(2)21-18(20-11)22-19(25)23-31(26,27)16-7-5-4-6-15(16)17(24)29-10-14-9-28-13(3)30-14/h4-8,13-14H,9-10H2,1-3H3,(H2,20,21,22,23,25)/t13-,14+/m0/s1. The summed E-state index contributed by atoms with van der Waals surface area (Å²) in [6, 6.07) is 6.01. The number of carbonyl (C=O) groups is 2. The Morgan fingerprint density at radius 1 is 1.19 bits per heavy atom. The molecule has 0 aliphatic carbocycles. The van der Waals surface area contributed by atoms with Gasteiger partial charge in [-0.3, -0.25) is 5.32 Å². The molecular formula is C19H22N4O7S. The van der Waals surface area contributed by atoms with E-state index < -0.39 is 39.3 Å². The zero-order valence-electron chi connectivity index (χ0n) is 17.1. The number of esters is 1. The first-order chi connectivity index (χ1) is 14.6. The van der Waals surface area contributed by atoms with Crippen LogP contribution in [0.3, 0.4) is 0 Å². The summed E-state index contributed by atoms with van der Waals surface area (Å²) in [6.45, 7) is 5.29. The number of carbonyl (C=O) groups excluding carboxylic acids is 2. The van der Waals surface area contributed by atoms with Gasteiger partial charge < -0.3 is 14.2 Å². The minimum Gasteiger partial charge on any atom is -0.459 e. The third kappa shape index (κ3) is 5.96. The number of nitrogens with one attached hydrogen (secondary N) is 2. The number of ether oxygens (including phenoxy) is 3. The van der Waals surface area contributed by atoms with Crippen molar-refractivity contribution >= 4 is 28.0 Å². The molecule has 2 atom stereocenters. The molecule has 1 aromatic heterocycles. The van der Waals surface area contributed by atoms with Gasteiger partial charge in [-0.2, -0.15) is 0 Å². The zero-order valence-corrected chi connectivity index (χ0v) is 17.9. The van der Waals surface area contributed by atoms with Crippen LogP contribution in [0.1, 0.15) is 28.7 Å². The molecule has 0 spiro atoms. The van der Waals surface area contributed by atoms with Crippen LogP contribution in [0.5, 0.6) is 0 Å². The Balaban J connectivity index is 1.70. The van der Waals surface area contributed by atoms with Crippen LogP contribution in [0.2, 0.25) is 0 Å². The Hall–Kier alpha value is -3.09. The van der Waals surface area contributed by atoms with Gasteiger partial charge >= 0.3 is 12.0 Å². The fourth-order valence-electron chi connectivity index (χ4n) is 2.88. The van der Waals surface area contributed by atoms with E-state index in [0.29, 0.717) is 11.4 Å². The number of aryl methyl sites for hydroxylation is 2. The highest BCUT2D eigenvalue weighted by atomic mass is 32.2. The van der Waals surface area contributed by atoms with E-state index in [-0.39, 0.29) is 24.7 Å². The lowest BCUT2D eigenvalue weighted by molar-refractivity contribution is -0.0536. The average Bonchev–Trinajstić information content (AvgIpc) is 3.10. The van der Waals surface area contributed by atoms with Crippen LogP contribution in [-0.4, -0.2) is 56.0 Å². The summed E-state index contributed by atoms with van der Waals surface area (Å²) in [7, 11) is -4.40. The van der Waals surface area contributed by atoms with Crippen LogP contribution >= 0.6 is 0 Å². The molecule has 3 rings (SSSR count). The molecule has 1 saturated heterocycles. The van der Waals surface area contributed by atoms with Crippen molar-refractivity contribution in [2.45, 2.75) is 38.1 Å². The zero-order chi connectivity index (χ0) is 22.6. The summed E-state index contributed by atoms with van der Waals surface area (Å²) in [5.74, 6) is -0.923. The number of hydrogen-bond donors (Lipinski definition) is 2. The van der Waals surface area contributed by atoms with E-state index in [9.17, 15) is 18.0 Å². The van der Waals surface area contributed by atoms with Crippen molar-refractivity contribution in [2.24, 2.45) is 0 Å². The Labute approximate surface area is 179 Å². The van der Waals surface area contributed by atoms with Crippen LogP contribution in [-0.2, 0) is 24.2 Å². The lowest BCUT2D eigenvalue weighted by Gasteiger charge is -2.13. The maximum atomic E-state index is 12.7. The predicted molar refractivity (Wildman–Crippen MR) is 108 cm³/mol. The first-order valence-corrected chi connectivity index (χ1v) is 10.8. The molecule has 0 radical (unpaired) electrons. The highest BCUT2D eigenvalue weighted by Gasteiger charge is 2.28. The smallest absolute Gasteiger partial charge is 0.339 e. The molecule has 1 aromatic carbocycles. The summed E-state index contributed by atoms with van der Waals surface area (Å²) in [4.78, 5) is 32.3. The minimum absolute atomic E-state index is 0.0501. The summed E-state index contributed by atoms with van der Waals surface area (Å²) >= 11 is 0. The first-order valence-electron chi connectivity index (χ1n) is 9.33. The third-order valence-corrected chi connectivity index (χ3v) is 5.52. The Kier molecular flexibility index (Phi) is 6.83. The van der Waals surface area contributed by atoms with Crippen molar-refractivity contribution in [3.8, 4) is 0 Å². The second-order valence-electron chi connectivity index (χ2n) is 6.79. The molecule has 0 saturated carbocycles. The highest BCUT2D eigenvalue weighted by Crippen LogP contribution is 2.18. The molecular weight excluding hydrogens is 428 g/mol. The predicted octanol–water partition coefficient (Wildman–Crippen LogP) is 1.52. The number of amides is 2. The van der Waals surface area contributed by atoms with E-state index in [0.717, 1.165) is 0 Å². The second kappa shape index (κ2) is 9.37. The minimum atomic E-state index is -4.40. The number of benzene rings is 1. The number of nitrogens with zero attached hydrogens (tertiary/aromatic N) is 2. The van der Waals surface area contributed by atoms with Gasteiger partial charge in [-0.05, 0) is 39.0 Å². The van der Waals surface area contributed by atoms with E-state index in [4.69, 9.17) is 14.2 Å². The van der Waals surface area contributed by atoms with Crippen LogP contribution in [0.25, 0.3) is 0 Å². The molecule has 11 nitrogen and oxygen atoms in total. The average molecular weight is 450 g/mol. The summed E-state index contributed by atoms with van der Waals surface area (Å²) < 4.78 is 43.1. The second-order valence-corrected chi connectivity index (χ2v) is 8.44. The van der Waals surface area contributed by atoms with Crippen LogP contribution in [0.4, 0.5) is 10.7 Å². The molecule has 2 heterocycles. The molecule has 1 aliphatic heterocycles. The topological polar surface area (TPSA) is 146 Å². The number of anilines is 1. The van der Waals surface area contributed by atoms with Crippen molar-refractivity contribution in [1.82, 2.24) is 14.7 Å². The fourth-order valence-corrected chi connectivity index (χ4v) is 3.99. The van der Waals surface area contributed by atoms with Crippen molar-refractivity contribution in [3.63, 3.8) is 0 Å². The molecule has 2 amide bonds. The van der Waals surface area contributed by atoms with Gasteiger partial charge in [-0.15, -0.1) is 0 Å².